The third-order valence-electron chi connectivity index (χ3n) is 4.78. The molecule has 1 aromatic carbocycles. The van der Waals surface area contributed by atoms with Gasteiger partial charge in [-0.2, -0.15) is 0 Å². The number of hydrogen-bond donors (Lipinski definition) is 1. The van der Waals surface area contributed by atoms with Gasteiger partial charge in [0.05, 0.1) is 23.2 Å². The lowest BCUT2D eigenvalue weighted by atomic mass is 10.0. The summed E-state index contributed by atoms with van der Waals surface area (Å²) in [7, 11) is 1.83. The van der Waals surface area contributed by atoms with Crippen molar-refractivity contribution in [1.82, 2.24) is 9.88 Å². The number of rotatable bonds is 5. The van der Waals surface area contributed by atoms with Crippen LogP contribution in [0.5, 0.6) is 0 Å². The molecule has 0 bridgehead atoms. The van der Waals surface area contributed by atoms with Crippen molar-refractivity contribution in [2.24, 2.45) is 5.92 Å². The third kappa shape index (κ3) is 4.02. The van der Waals surface area contributed by atoms with Crippen LogP contribution in [0.3, 0.4) is 0 Å². The second kappa shape index (κ2) is 7.45. The Morgan fingerprint density at radius 3 is 2.67 bits per heavy atom. The summed E-state index contributed by atoms with van der Waals surface area (Å²) < 4.78 is 0. The van der Waals surface area contributed by atoms with Gasteiger partial charge < -0.3 is 10.0 Å². The van der Waals surface area contributed by atoms with Crippen molar-refractivity contribution < 1.29 is 9.90 Å². The van der Waals surface area contributed by atoms with Crippen molar-refractivity contribution >= 4 is 17.2 Å². The minimum Gasteiger partial charge on any atom is -0.393 e. The first-order chi connectivity index (χ1) is 11.5. The lowest BCUT2D eigenvalue weighted by molar-refractivity contribution is -0.130. The maximum absolute atomic E-state index is 12.4. The van der Waals surface area contributed by atoms with Gasteiger partial charge in [0.2, 0.25) is 5.91 Å². The predicted molar refractivity (Wildman–Crippen MR) is 97.0 cm³/mol. The molecular weight excluding hydrogens is 320 g/mol. The minimum absolute atomic E-state index is 0.103. The first-order valence-corrected chi connectivity index (χ1v) is 9.34. The Balaban J connectivity index is 1.58. The van der Waals surface area contributed by atoms with E-state index in [9.17, 15) is 9.90 Å². The highest BCUT2D eigenvalue weighted by atomic mass is 32.1. The van der Waals surface area contributed by atoms with Gasteiger partial charge in [0, 0.05) is 30.5 Å². The molecule has 1 N–H and O–H groups in total. The van der Waals surface area contributed by atoms with Crippen LogP contribution in [0.15, 0.2) is 29.6 Å². The van der Waals surface area contributed by atoms with E-state index in [2.05, 4.69) is 10.4 Å². The molecule has 0 saturated heterocycles. The standard InChI is InChI=1S/C19H24N2O2S/c1-13-20-17(12-24-13)15-8-6-14(7-9-15)10-19(23)21(2)11-16-4-3-5-18(16)22/h6-9,12,16,18,22H,3-5,10-11H2,1-2H3. The van der Waals surface area contributed by atoms with Gasteiger partial charge in [0.1, 0.15) is 0 Å². The zero-order valence-electron chi connectivity index (χ0n) is 14.2. The van der Waals surface area contributed by atoms with E-state index in [0.29, 0.717) is 13.0 Å². The van der Waals surface area contributed by atoms with E-state index < -0.39 is 0 Å². The Bertz CT molecular complexity index is 696. The molecule has 1 saturated carbocycles. The number of thiazole rings is 1. The molecule has 1 amide bonds. The fourth-order valence-corrected chi connectivity index (χ4v) is 3.90. The largest absolute Gasteiger partial charge is 0.393 e. The average Bonchev–Trinajstić information content (AvgIpc) is 3.17. The lowest BCUT2D eigenvalue weighted by Crippen LogP contribution is -2.35. The number of aliphatic hydroxyl groups is 1. The lowest BCUT2D eigenvalue weighted by Gasteiger charge is -2.23. The molecular formula is C19H24N2O2S. The summed E-state index contributed by atoms with van der Waals surface area (Å²) in [5, 5.41) is 13.0. The second-order valence-corrected chi connectivity index (χ2v) is 7.72. The Morgan fingerprint density at radius 1 is 1.33 bits per heavy atom. The van der Waals surface area contributed by atoms with Gasteiger partial charge >= 0.3 is 0 Å². The van der Waals surface area contributed by atoms with E-state index in [4.69, 9.17) is 0 Å². The molecule has 1 aliphatic rings. The van der Waals surface area contributed by atoms with Crippen LogP contribution in [-0.2, 0) is 11.2 Å². The van der Waals surface area contributed by atoms with Gasteiger partial charge in [0.25, 0.3) is 0 Å². The van der Waals surface area contributed by atoms with E-state index >= 15 is 0 Å². The first kappa shape index (κ1) is 17.1. The van der Waals surface area contributed by atoms with Crippen molar-refractivity contribution in [3.05, 3.63) is 40.2 Å². The first-order valence-electron chi connectivity index (χ1n) is 8.46. The van der Waals surface area contributed by atoms with Crippen molar-refractivity contribution in [3.8, 4) is 11.3 Å². The normalized spacial score (nSPS) is 20.3. The number of hydrogen-bond acceptors (Lipinski definition) is 4. The average molecular weight is 344 g/mol. The molecule has 1 heterocycles. The molecule has 1 aliphatic carbocycles. The number of benzene rings is 1. The molecule has 0 spiro atoms. The van der Waals surface area contributed by atoms with Crippen LogP contribution in [0.2, 0.25) is 0 Å². The third-order valence-corrected chi connectivity index (χ3v) is 5.55. The molecule has 24 heavy (non-hydrogen) atoms. The van der Waals surface area contributed by atoms with Crippen molar-refractivity contribution in [2.45, 2.75) is 38.7 Å². The number of carbonyl (C=O) groups is 1. The summed E-state index contributed by atoms with van der Waals surface area (Å²) >= 11 is 1.64. The zero-order valence-corrected chi connectivity index (χ0v) is 15.1. The summed E-state index contributed by atoms with van der Waals surface area (Å²) in [4.78, 5) is 18.6. The Hall–Kier alpha value is -1.72. The van der Waals surface area contributed by atoms with E-state index in [0.717, 1.165) is 41.1 Å². The monoisotopic (exact) mass is 344 g/mol. The predicted octanol–water partition coefficient (Wildman–Crippen LogP) is 3.28. The van der Waals surface area contributed by atoms with Crippen LogP contribution in [0.4, 0.5) is 0 Å². The Labute approximate surface area is 147 Å². The van der Waals surface area contributed by atoms with Gasteiger partial charge in [-0.1, -0.05) is 30.7 Å². The molecule has 0 aliphatic heterocycles. The number of carbonyl (C=O) groups excluding carboxylic acids is 1. The fourth-order valence-electron chi connectivity index (χ4n) is 3.28. The van der Waals surface area contributed by atoms with Gasteiger partial charge in [-0.3, -0.25) is 4.79 Å². The Kier molecular flexibility index (Phi) is 5.31. The Morgan fingerprint density at radius 2 is 2.08 bits per heavy atom. The smallest absolute Gasteiger partial charge is 0.226 e. The number of aromatic nitrogens is 1. The molecule has 1 fully saturated rings. The number of nitrogens with zero attached hydrogens (tertiary/aromatic N) is 2. The van der Waals surface area contributed by atoms with E-state index in [1.54, 1.807) is 16.2 Å². The number of aliphatic hydroxyl groups excluding tert-OH is 1. The van der Waals surface area contributed by atoms with Gasteiger partial charge in [-0.15, -0.1) is 11.3 Å². The van der Waals surface area contributed by atoms with E-state index in [1.165, 1.54) is 0 Å². The number of aryl methyl sites for hydroxylation is 1. The SMILES string of the molecule is Cc1nc(-c2ccc(CC(=O)N(C)CC3CCCC3O)cc2)cs1. The van der Waals surface area contributed by atoms with Crippen molar-refractivity contribution in [1.29, 1.82) is 0 Å². The van der Waals surface area contributed by atoms with Crippen molar-refractivity contribution in [3.63, 3.8) is 0 Å². The molecule has 2 atom stereocenters. The highest BCUT2D eigenvalue weighted by Gasteiger charge is 2.27. The minimum atomic E-state index is -0.249. The highest BCUT2D eigenvalue weighted by molar-refractivity contribution is 7.09. The van der Waals surface area contributed by atoms with Gasteiger partial charge in [-0.25, -0.2) is 4.98 Å². The van der Waals surface area contributed by atoms with Crippen LogP contribution < -0.4 is 0 Å². The molecule has 5 heteroatoms. The number of likely N-dealkylation sites (N-methyl/N-ethyl adjacent to an activating group) is 1. The van der Waals surface area contributed by atoms with Crippen LogP contribution >= 0.6 is 11.3 Å². The van der Waals surface area contributed by atoms with Crippen LogP contribution in [-0.4, -0.2) is 40.6 Å². The number of amides is 1. The van der Waals surface area contributed by atoms with Crippen LogP contribution in [0.25, 0.3) is 11.3 Å². The molecule has 3 rings (SSSR count). The zero-order chi connectivity index (χ0) is 17.1. The van der Waals surface area contributed by atoms with Gasteiger partial charge in [-0.05, 0) is 25.3 Å². The molecule has 128 valence electrons. The molecule has 0 radical (unpaired) electrons. The fraction of sp³-hybridized carbons (Fsp3) is 0.474. The van der Waals surface area contributed by atoms with E-state index in [-0.39, 0.29) is 17.9 Å². The van der Waals surface area contributed by atoms with E-state index in [1.807, 2.05) is 38.2 Å². The molecule has 2 unspecified atom stereocenters. The van der Waals surface area contributed by atoms with Gasteiger partial charge in [0.15, 0.2) is 0 Å². The van der Waals surface area contributed by atoms with Crippen molar-refractivity contribution in [2.75, 3.05) is 13.6 Å². The highest BCUT2D eigenvalue weighted by Crippen LogP contribution is 2.26. The summed E-state index contributed by atoms with van der Waals surface area (Å²) in [5.41, 5.74) is 3.08. The van der Waals surface area contributed by atoms with Crippen LogP contribution in [0.1, 0.15) is 29.8 Å². The summed E-state index contributed by atoms with van der Waals surface area (Å²) in [6.07, 6.45) is 3.09. The quantitative estimate of drug-likeness (QED) is 0.905. The topological polar surface area (TPSA) is 53.4 Å². The summed E-state index contributed by atoms with van der Waals surface area (Å²) in [6.45, 7) is 2.65. The second-order valence-electron chi connectivity index (χ2n) is 6.66. The molecule has 2 aromatic rings. The summed E-state index contributed by atoms with van der Waals surface area (Å²) in [5.74, 6) is 0.334. The molecule has 4 nitrogen and oxygen atoms in total. The molecule has 1 aromatic heterocycles. The maximum Gasteiger partial charge on any atom is 0.226 e. The maximum atomic E-state index is 12.4. The summed E-state index contributed by atoms with van der Waals surface area (Å²) in [6, 6.07) is 8.05. The van der Waals surface area contributed by atoms with Crippen LogP contribution in [0, 0.1) is 12.8 Å².